The number of carbonyl (C=O) groups excluding carboxylic acids is 1. The molecule has 1 saturated heterocycles. The lowest BCUT2D eigenvalue weighted by Gasteiger charge is -2.09. The van der Waals surface area contributed by atoms with Crippen LogP contribution in [0, 0.1) is 5.92 Å². The predicted molar refractivity (Wildman–Crippen MR) is 85.4 cm³/mol. The summed E-state index contributed by atoms with van der Waals surface area (Å²) in [7, 11) is -3.05. The Balaban J connectivity index is 1.74. The highest BCUT2D eigenvalue weighted by Crippen LogP contribution is 2.21. The zero-order valence-electron chi connectivity index (χ0n) is 12.4. The summed E-state index contributed by atoms with van der Waals surface area (Å²) in [5, 5.41) is 4.30. The van der Waals surface area contributed by atoms with Crippen LogP contribution in [0.5, 0.6) is 0 Å². The number of sulfone groups is 1. The Morgan fingerprint density at radius 1 is 1.18 bits per heavy atom. The number of hydrogen-bond acceptors (Lipinski definition) is 4. The van der Waals surface area contributed by atoms with Crippen LogP contribution in [-0.4, -0.2) is 31.5 Å². The molecule has 1 N–H and O–H groups in total. The van der Waals surface area contributed by atoms with Gasteiger partial charge in [0.15, 0.2) is 9.84 Å². The summed E-state index contributed by atoms with van der Waals surface area (Å²) >= 11 is 0. The highest BCUT2D eigenvalue weighted by atomic mass is 32.2. The first-order valence-electron chi connectivity index (χ1n) is 7.70. The molecule has 6 heteroatoms. The average molecular weight is 320 g/mol. The van der Waals surface area contributed by atoms with Crippen LogP contribution >= 0.6 is 0 Å². The third-order valence-electron chi connectivity index (χ3n) is 4.34. The number of fused-ring (bicyclic) bond motifs is 1. The van der Waals surface area contributed by atoms with Crippen LogP contribution in [0.25, 0.3) is 0 Å². The molecule has 1 aromatic carbocycles. The topological polar surface area (TPSA) is 75.6 Å². The van der Waals surface area contributed by atoms with Gasteiger partial charge in [0, 0.05) is 5.56 Å². The fourth-order valence-corrected chi connectivity index (χ4v) is 4.84. The number of nitrogens with one attached hydrogen (secondary N) is 1. The number of carbonyl (C=O) groups is 1. The van der Waals surface area contributed by atoms with E-state index in [1.807, 2.05) is 18.2 Å². The number of hydrogen-bond donors (Lipinski definition) is 1. The maximum Gasteiger partial charge on any atom is 0.244 e. The minimum absolute atomic E-state index is 0.0553. The monoisotopic (exact) mass is 320 g/mol. The van der Waals surface area contributed by atoms with Gasteiger partial charge in [0.05, 0.1) is 23.1 Å². The van der Waals surface area contributed by atoms with Gasteiger partial charge in [-0.05, 0) is 37.7 Å². The first-order chi connectivity index (χ1) is 10.6. The van der Waals surface area contributed by atoms with Gasteiger partial charge in [-0.1, -0.05) is 24.3 Å². The summed E-state index contributed by atoms with van der Waals surface area (Å²) < 4.78 is 22.9. The Bertz CT molecular complexity index is 710. The van der Waals surface area contributed by atoms with Crippen molar-refractivity contribution in [2.75, 3.05) is 11.5 Å². The van der Waals surface area contributed by atoms with E-state index in [1.54, 1.807) is 0 Å². The molecule has 0 spiro atoms. The van der Waals surface area contributed by atoms with Gasteiger partial charge >= 0.3 is 0 Å². The van der Waals surface area contributed by atoms with E-state index in [1.165, 1.54) is 5.56 Å². The van der Waals surface area contributed by atoms with Crippen LogP contribution < -0.4 is 5.43 Å². The maximum absolute atomic E-state index is 12.1. The van der Waals surface area contributed by atoms with E-state index in [-0.39, 0.29) is 17.4 Å². The molecular formula is C16H20N2O3S. The Hall–Kier alpha value is -1.69. The molecule has 0 aromatic heterocycles. The van der Waals surface area contributed by atoms with Gasteiger partial charge in [-0.3, -0.25) is 4.79 Å². The van der Waals surface area contributed by atoms with Crippen molar-refractivity contribution in [2.24, 2.45) is 11.0 Å². The minimum Gasteiger partial charge on any atom is -0.273 e. The molecule has 0 bridgehead atoms. The molecule has 5 nitrogen and oxygen atoms in total. The van der Waals surface area contributed by atoms with Crippen molar-refractivity contribution in [1.29, 1.82) is 0 Å². The van der Waals surface area contributed by atoms with E-state index >= 15 is 0 Å². The number of rotatable bonds is 2. The zero-order valence-corrected chi connectivity index (χ0v) is 13.2. The molecule has 1 aliphatic heterocycles. The van der Waals surface area contributed by atoms with Gasteiger partial charge in [-0.2, -0.15) is 5.10 Å². The van der Waals surface area contributed by atoms with E-state index in [9.17, 15) is 13.2 Å². The quantitative estimate of drug-likeness (QED) is 0.665. The fraction of sp³-hybridized carbons (Fsp3) is 0.500. The largest absolute Gasteiger partial charge is 0.273 e. The lowest BCUT2D eigenvalue weighted by molar-refractivity contribution is -0.124. The molecule has 2 aliphatic rings. The van der Waals surface area contributed by atoms with E-state index in [4.69, 9.17) is 0 Å². The molecule has 1 aromatic rings. The summed E-state index contributed by atoms with van der Waals surface area (Å²) in [6, 6.07) is 8.13. The van der Waals surface area contributed by atoms with Crippen LogP contribution in [-0.2, 0) is 21.1 Å². The van der Waals surface area contributed by atoms with Gasteiger partial charge in [0.1, 0.15) is 0 Å². The average Bonchev–Trinajstić information content (AvgIpc) is 2.75. The number of aryl methyl sites for hydroxylation is 1. The lowest BCUT2D eigenvalue weighted by Crippen LogP contribution is -2.28. The second-order valence-corrected chi connectivity index (χ2v) is 8.23. The van der Waals surface area contributed by atoms with Crippen LogP contribution in [0.3, 0.4) is 0 Å². The highest BCUT2D eigenvalue weighted by Gasteiger charge is 2.33. The third kappa shape index (κ3) is 3.38. The smallest absolute Gasteiger partial charge is 0.244 e. The van der Waals surface area contributed by atoms with Gasteiger partial charge in [-0.15, -0.1) is 0 Å². The van der Waals surface area contributed by atoms with E-state index < -0.39 is 15.8 Å². The Labute approximate surface area is 130 Å². The van der Waals surface area contributed by atoms with Gasteiger partial charge < -0.3 is 0 Å². The van der Waals surface area contributed by atoms with Crippen LogP contribution in [0.15, 0.2) is 29.4 Å². The summed E-state index contributed by atoms with van der Waals surface area (Å²) in [5.41, 5.74) is 5.83. The predicted octanol–water partition coefficient (Wildman–Crippen LogP) is 1.67. The summed E-state index contributed by atoms with van der Waals surface area (Å²) in [6.07, 6.45) is 4.42. The summed E-state index contributed by atoms with van der Waals surface area (Å²) in [5.74, 6) is -0.698. The molecule has 22 heavy (non-hydrogen) atoms. The van der Waals surface area contributed by atoms with Crippen LogP contribution in [0.1, 0.15) is 36.8 Å². The first kappa shape index (κ1) is 15.2. The number of amides is 1. The summed E-state index contributed by atoms with van der Waals surface area (Å²) in [6.45, 7) is 0. The van der Waals surface area contributed by atoms with E-state index in [2.05, 4.69) is 16.6 Å². The van der Waals surface area contributed by atoms with Crippen molar-refractivity contribution in [3.8, 4) is 0 Å². The SMILES string of the molecule is O=C(N/N=C1\CCCCc2ccccc21)[C@@H]1CCS(=O)(=O)C1. The second-order valence-electron chi connectivity index (χ2n) is 6.00. The van der Waals surface area contributed by atoms with Crippen molar-refractivity contribution in [2.45, 2.75) is 32.1 Å². The number of benzene rings is 1. The molecule has 3 rings (SSSR count). The van der Waals surface area contributed by atoms with Gasteiger partial charge in [-0.25, -0.2) is 13.8 Å². The molecule has 1 fully saturated rings. The van der Waals surface area contributed by atoms with Crippen LogP contribution in [0.4, 0.5) is 0 Å². The van der Waals surface area contributed by atoms with Gasteiger partial charge in [0.2, 0.25) is 5.91 Å². The molecule has 1 heterocycles. The molecular weight excluding hydrogens is 300 g/mol. The Morgan fingerprint density at radius 2 is 1.95 bits per heavy atom. The van der Waals surface area contributed by atoms with Crippen molar-refractivity contribution in [1.82, 2.24) is 5.43 Å². The fourth-order valence-electron chi connectivity index (χ4n) is 3.09. The van der Waals surface area contributed by atoms with Crippen molar-refractivity contribution < 1.29 is 13.2 Å². The third-order valence-corrected chi connectivity index (χ3v) is 6.11. The molecule has 1 aliphatic carbocycles. The standard InChI is InChI=1S/C16H20N2O3S/c19-16(13-9-10-22(20,21)11-13)18-17-15-8-4-2-6-12-5-1-3-7-14(12)15/h1,3,5,7,13H,2,4,6,8-11H2,(H,18,19)/b17-15+/t13-/m1/s1. The molecule has 118 valence electrons. The van der Waals surface area contributed by atoms with Crippen molar-refractivity contribution >= 4 is 21.5 Å². The first-order valence-corrected chi connectivity index (χ1v) is 9.52. The molecule has 0 radical (unpaired) electrons. The van der Waals surface area contributed by atoms with Crippen LogP contribution in [0.2, 0.25) is 0 Å². The normalized spacial score (nSPS) is 25.5. The van der Waals surface area contributed by atoms with Crippen molar-refractivity contribution in [3.05, 3.63) is 35.4 Å². The van der Waals surface area contributed by atoms with Gasteiger partial charge in [0.25, 0.3) is 0 Å². The molecule has 0 unspecified atom stereocenters. The van der Waals surface area contributed by atoms with E-state index in [0.717, 1.165) is 37.0 Å². The molecule has 0 saturated carbocycles. The number of hydrazone groups is 1. The Kier molecular flexibility index (Phi) is 4.29. The lowest BCUT2D eigenvalue weighted by atomic mass is 10.0. The zero-order chi connectivity index (χ0) is 15.6. The number of nitrogens with zero attached hydrogens (tertiary/aromatic N) is 1. The minimum atomic E-state index is -3.05. The summed E-state index contributed by atoms with van der Waals surface area (Å²) in [4.78, 5) is 12.1. The maximum atomic E-state index is 12.1. The van der Waals surface area contributed by atoms with E-state index in [0.29, 0.717) is 6.42 Å². The Morgan fingerprint density at radius 3 is 2.73 bits per heavy atom. The molecule has 1 amide bonds. The second kappa shape index (κ2) is 6.20. The highest BCUT2D eigenvalue weighted by molar-refractivity contribution is 7.91. The van der Waals surface area contributed by atoms with Crippen molar-refractivity contribution in [3.63, 3.8) is 0 Å². The molecule has 1 atom stereocenters.